The van der Waals surface area contributed by atoms with E-state index in [1.807, 2.05) is 12.1 Å². The first-order valence-electron chi connectivity index (χ1n) is 21.7. The normalized spacial score (nSPS) is 12.1. The Balaban J connectivity index is 1.07. The number of nitrogens with zero attached hydrogens (tertiary/aromatic N) is 4. The molecule has 0 radical (unpaired) electrons. The predicted molar refractivity (Wildman–Crippen MR) is 265 cm³/mol. The summed E-state index contributed by atoms with van der Waals surface area (Å²) in [7, 11) is 0. The van der Waals surface area contributed by atoms with E-state index in [4.69, 9.17) is 19.4 Å². The van der Waals surface area contributed by atoms with Gasteiger partial charge >= 0.3 is 0 Å². The molecule has 0 bridgehead atoms. The molecule has 64 heavy (non-hydrogen) atoms. The fraction of sp³-hybridized carbons (Fsp3) is 0. The van der Waals surface area contributed by atoms with Gasteiger partial charge in [0.1, 0.15) is 11.2 Å². The molecule has 0 aliphatic carbocycles. The van der Waals surface area contributed by atoms with E-state index in [-0.39, 0.29) is 0 Å². The van der Waals surface area contributed by atoms with Crippen molar-refractivity contribution in [1.82, 2.24) is 19.5 Å². The maximum absolute atomic E-state index is 6.79. The molecule has 3 aromatic heterocycles. The third-order valence-corrected chi connectivity index (χ3v) is 13.1. The first-order chi connectivity index (χ1) is 31.7. The van der Waals surface area contributed by atoms with Gasteiger partial charge in [-0.1, -0.05) is 152 Å². The summed E-state index contributed by atoms with van der Waals surface area (Å²) in [4.78, 5) is 15.9. The lowest BCUT2D eigenvalue weighted by Crippen LogP contribution is -2.02. The van der Waals surface area contributed by atoms with E-state index in [1.165, 1.54) is 48.5 Å². The molecule has 0 saturated heterocycles. The number of aromatic nitrogens is 4. The van der Waals surface area contributed by atoms with Crippen LogP contribution in [0, 0.1) is 0 Å². The Labute approximate surface area is 366 Å². The summed E-state index contributed by atoms with van der Waals surface area (Å²) >= 11 is 0. The zero-order chi connectivity index (χ0) is 41.9. The van der Waals surface area contributed by atoms with E-state index in [0.717, 1.165) is 71.5 Å². The first-order valence-corrected chi connectivity index (χ1v) is 21.7. The largest absolute Gasteiger partial charge is 0.456 e. The molecule has 14 aromatic rings. The van der Waals surface area contributed by atoms with Gasteiger partial charge in [0, 0.05) is 32.8 Å². The molecule has 0 aliphatic rings. The van der Waals surface area contributed by atoms with Crippen molar-refractivity contribution in [3.8, 4) is 39.9 Å². The SMILES string of the molecule is c1ccc2cc(-c3nc(-c4ccc5c(ccc6ccccc65)c4)nc(-c4cc(-n5c6cc7ccccc7cc6c6cc7ccccc7cc65)c5c(c4)oc4ccccc45)n3)ccc2c1. The molecule has 0 atom stereocenters. The van der Waals surface area contributed by atoms with Gasteiger partial charge < -0.3 is 8.98 Å². The van der Waals surface area contributed by atoms with Crippen LogP contribution in [0.25, 0.3) is 137 Å². The van der Waals surface area contributed by atoms with Gasteiger partial charge in [-0.2, -0.15) is 0 Å². The number of benzene rings is 11. The average Bonchev–Trinajstić information content (AvgIpc) is 3.88. The lowest BCUT2D eigenvalue weighted by molar-refractivity contribution is 0.669. The second-order valence-corrected chi connectivity index (χ2v) is 16.8. The van der Waals surface area contributed by atoms with Crippen LogP contribution >= 0.6 is 0 Å². The standard InChI is InChI=1S/C59H34N4O/c1-2-13-37-27-43(24-21-35(37)11-1)57-60-58(44-25-26-47-42(28-44)23-22-36-12-7-8-18-46(36)47)62-59(61-57)45-33-53(56-48-19-9-10-20-54(48)64-55(56)34-45)63-51-31-40-16-5-3-14-38(40)29-49(51)50-30-39-15-4-6-17-41(39)32-52(50)63/h1-34H. The van der Waals surface area contributed by atoms with E-state index < -0.39 is 0 Å². The minimum atomic E-state index is 0.562. The number of rotatable bonds is 4. The van der Waals surface area contributed by atoms with Crippen LogP contribution in [0.15, 0.2) is 211 Å². The molecule has 0 saturated carbocycles. The molecule has 0 aliphatic heterocycles. The predicted octanol–water partition coefficient (Wildman–Crippen LogP) is 15.6. The third kappa shape index (κ3) is 5.34. The van der Waals surface area contributed by atoms with Crippen molar-refractivity contribution in [3.05, 3.63) is 206 Å². The highest BCUT2D eigenvalue weighted by atomic mass is 16.3. The molecule has 11 aromatic carbocycles. The Kier molecular flexibility index (Phi) is 7.33. The Morgan fingerprint density at radius 2 is 0.766 bits per heavy atom. The maximum Gasteiger partial charge on any atom is 0.164 e. The van der Waals surface area contributed by atoms with Gasteiger partial charge in [-0.15, -0.1) is 0 Å². The molecule has 3 heterocycles. The molecule has 5 heteroatoms. The molecule has 0 amide bonds. The van der Waals surface area contributed by atoms with E-state index in [9.17, 15) is 0 Å². The molecule has 0 N–H and O–H groups in total. The summed E-state index contributed by atoms with van der Waals surface area (Å²) in [6.07, 6.45) is 0. The van der Waals surface area contributed by atoms with Crippen molar-refractivity contribution in [2.24, 2.45) is 0 Å². The Morgan fingerprint density at radius 1 is 0.297 bits per heavy atom. The monoisotopic (exact) mass is 814 g/mol. The summed E-state index contributed by atoms with van der Waals surface area (Å²) in [5.41, 5.74) is 7.47. The Hall–Kier alpha value is -8.67. The fourth-order valence-corrected chi connectivity index (χ4v) is 10.0. The van der Waals surface area contributed by atoms with Gasteiger partial charge in [-0.05, 0) is 108 Å². The summed E-state index contributed by atoms with van der Waals surface area (Å²) in [6, 6.07) is 73.5. The van der Waals surface area contributed by atoms with Gasteiger partial charge in [-0.25, -0.2) is 15.0 Å². The van der Waals surface area contributed by atoms with Gasteiger partial charge in [0.15, 0.2) is 17.5 Å². The molecule has 5 nitrogen and oxygen atoms in total. The highest BCUT2D eigenvalue weighted by Gasteiger charge is 2.22. The number of hydrogen-bond donors (Lipinski definition) is 0. The van der Waals surface area contributed by atoms with Crippen LogP contribution in [-0.2, 0) is 0 Å². The highest BCUT2D eigenvalue weighted by Crippen LogP contribution is 2.43. The zero-order valence-electron chi connectivity index (χ0n) is 34.3. The smallest absolute Gasteiger partial charge is 0.164 e. The molecule has 0 fully saturated rings. The van der Waals surface area contributed by atoms with Crippen LogP contribution in [0.5, 0.6) is 0 Å². The zero-order valence-corrected chi connectivity index (χ0v) is 34.3. The van der Waals surface area contributed by atoms with E-state index in [2.05, 4.69) is 199 Å². The highest BCUT2D eigenvalue weighted by molar-refractivity contribution is 6.19. The van der Waals surface area contributed by atoms with Crippen LogP contribution in [0.3, 0.4) is 0 Å². The van der Waals surface area contributed by atoms with Crippen LogP contribution in [-0.4, -0.2) is 19.5 Å². The van der Waals surface area contributed by atoms with Gasteiger partial charge in [-0.3, -0.25) is 0 Å². The lowest BCUT2D eigenvalue weighted by atomic mass is 10.00. The van der Waals surface area contributed by atoms with Crippen LogP contribution in [0.1, 0.15) is 0 Å². The molecule has 296 valence electrons. The van der Waals surface area contributed by atoms with Crippen molar-refractivity contribution in [2.75, 3.05) is 0 Å². The van der Waals surface area contributed by atoms with Crippen molar-refractivity contribution in [1.29, 1.82) is 0 Å². The minimum Gasteiger partial charge on any atom is -0.456 e. The quantitative estimate of drug-likeness (QED) is 0.166. The number of fused-ring (bicyclic) bond motifs is 12. The third-order valence-electron chi connectivity index (χ3n) is 13.1. The number of furan rings is 1. The summed E-state index contributed by atoms with van der Waals surface area (Å²) in [6.45, 7) is 0. The second-order valence-electron chi connectivity index (χ2n) is 16.8. The van der Waals surface area contributed by atoms with Crippen LogP contribution < -0.4 is 0 Å². The summed E-state index contributed by atoms with van der Waals surface area (Å²) in [5.74, 6) is 1.77. The molecule has 0 unspecified atom stereocenters. The van der Waals surface area contributed by atoms with Crippen LogP contribution in [0.2, 0.25) is 0 Å². The van der Waals surface area contributed by atoms with E-state index in [0.29, 0.717) is 17.5 Å². The van der Waals surface area contributed by atoms with Gasteiger partial charge in [0.25, 0.3) is 0 Å². The first kappa shape index (κ1) is 35.0. The second kappa shape index (κ2) is 13.4. The molecular formula is C59H34N4O. The van der Waals surface area contributed by atoms with Gasteiger partial charge in [0.05, 0.1) is 22.1 Å². The molecule has 14 rings (SSSR count). The average molecular weight is 815 g/mol. The van der Waals surface area contributed by atoms with Gasteiger partial charge in [0.2, 0.25) is 0 Å². The minimum absolute atomic E-state index is 0.562. The topological polar surface area (TPSA) is 56.7 Å². The van der Waals surface area contributed by atoms with Crippen LogP contribution in [0.4, 0.5) is 0 Å². The van der Waals surface area contributed by atoms with E-state index in [1.54, 1.807) is 0 Å². The number of hydrogen-bond acceptors (Lipinski definition) is 4. The number of para-hydroxylation sites is 1. The fourth-order valence-electron chi connectivity index (χ4n) is 10.0. The van der Waals surface area contributed by atoms with E-state index >= 15 is 0 Å². The van der Waals surface area contributed by atoms with Crippen molar-refractivity contribution in [2.45, 2.75) is 0 Å². The summed E-state index contributed by atoms with van der Waals surface area (Å²) < 4.78 is 9.22. The molecular weight excluding hydrogens is 781 g/mol. The summed E-state index contributed by atoms with van der Waals surface area (Å²) in [5, 5.41) is 16.3. The lowest BCUT2D eigenvalue weighted by Gasteiger charge is -2.14. The molecule has 0 spiro atoms. The van der Waals surface area contributed by atoms with Crippen molar-refractivity contribution in [3.63, 3.8) is 0 Å². The Bertz CT molecular complexity index is 4180. The van der Waals surface area contributed by atoms with Crippen molar-refractivity contribution >= 4 is 97.6 Å². The maximum atomic E-state index is 6.79. The van der Waals surface area contributed by atoms with Crippen molar-refractivity contribution < 1.29 is 4.42 Å². The Morgan fingerprint density at radius 3 is 1.44 bits per heavy atom.